The average Bonchev–Trinajstić information content (AvgIpc) is 3.65. The van der Waals surface area contributed by atoms with Crippen LogP contribution in [0, 0.1) is 5.92 Å². The summed E-state index contributed by atoms with van der Waals surface area (Å²) in [6.45, 7) is 9.86. The summed E-state index contributed by atoms with van der Waals surface area (Å²) in [5.41, 5.74) is 4.38. The molecule has 0 saturated carbocycles. The number of hydrogen-bond donors (Lipinski definition) is 3. The second-order valence-corrected chi connectivity index (χ2v) is 11.9. The van der Waals surface area contributed by atoms with Crippen LogP contribution >= 0.6 is 0 Å². The summed E-state index contributed by atoms with van der Waals surface area (Å²) in [7, 11) is 1.29. The van der Waals surface area contributed by atoms with Crippen molar-refractivity contribution in [3.8, 4) is 22.4 Å². The number of imidazole rings is 1. The molecule has 0 radical (unpaired) electrons. The monoisotopic (exact) mass is 587 g/mol. The molecule has 3 N–H and O–H groups in total. The number of nitrogens with one attached hydrogen (secondary N) is 3. The number of ether oxygens (including phenoxy) is 2. The van der Waals surface area contributed by atoms with Crippen molar-refractivity contribution < 1.29 is 23.9 Å². The lowest BCUT2D eigenvalue weighted by Crippen LogP contribution is -2.51. The normalized spacial score (nSPS) is 15.9. The van der Waals surface area contributed by atoms with Gasteiger partial charge in [-0.15, -0.1) is 0 Å². The van der Waals surface area contributed by atoms with Crippen molar-refractivity contribution in [2.45, 2.75) is 65.1 Å². The molecule has 228 valence electrons. The Balaban J connectivity index is 1.40. The molecule has 0 spiro atoms. The zero-order valence-electron chi connectivity index (χ0n) is 25.6. The Morgan fingerprint density at radius 2 is 1.63 bits per heavy atom. The van der Waals surface area contributed by atoms with Gasteiger partial charge in [0.25, 0.3) is 0 Å². The summed E-state index contributed by atoms with van der Waals surface area (Å²) in [5, 5.41) is 5.29. The van der Waals surface area contributed by atoms with Crippen LogP contribution < -0.4 is 10.6 Å². The minimum atomic E-state index is -0.672. The Labute approximate surface area is 252 Å². The Kier molecular flexibility index (Phi) is 9.90. The van der Waals surface area contributed by atoms with Crippen molar-refractivity contribution in [2.24, 2.45) is 5.92 Å². The van der Waals surface area contributed by atoms with E-state index < -0.39 is 23.8 Å². The van der Waals surface area contributed by atoms with Crippen LogP contribution in [0.25, 0.3) is 28.5 Å². The number of benzene rings is 2. The molecule has 0 aliphatic carbocycles. The molecule has 10 nitrogen and oxygen atoms in total. The van der Waals surface area contributed by atoms with E-state index in [9.17, 15) is 14.4 Å². The number of likely N-dealkylation sites (tertiary alicyclic amines) is 1. The molecule has 2 unspecified atom stereocenters. The number of rotatable bonds is 8. The maximum absolute atomic E-state index is 13.4. The molecule has 2 atom stereocenters. The number of alkyl carbamates (subject to hydrolysis) is 2. The van der Waals surface area contributed by atoms with Crippen LogP contribution in [-0.4, -0.2) is 58.3 Å². The highest BCUT2D eigenvalue weighted by molar-refractivity contribution is 5.86. The molecule has 2 aromatic carbocycles. The quantitative estimate of drug-likeness (QED) is 0.285. The van der Waals surface area contributed by atoms with E-state index in [1.165, 1.54) is 7.11 Å². The van der Waals surface area contributed by atoms with E-state index in [0.29, 0.717) is 6.54 Å². The lowest BCUT2D eigenvalue weighted by atomic mass is 10.0. The third-order valence-electron chi connectivity index (χ3n) is 7.15. The van der Waals surface area contributed by atoms with E-state index in [-0.39, 0.29) is 17.9 Å². The van der Waals surface area contributed by atoms with E-state index in [2.05, 4.69) is 32.7 Å². The molecular formula is C33H41N5O5. The van der Waals surface area contributed by atoms with Gasteiger partial charge in [0.15, 0.2) is 0 Å². The topological polar surface area (TPSA) is 126 Å². The third kappa shape index (κ3) is 8.24. The highest BCUT2D eigenvalue weighted by Gasteiger charge is 2.37. The maximum atomic E-state index is 13.4. The number of hydrogen-bond acceptors (Lipinski definition) is 6. The molecule has 2 heterocycles. The highest BCUT2D eigenvalue weighted by Crippen LogP contribution is 2.33. The van der Waals surface area contributed by atoms with Crippen molar-refractivity contribution in [1.29, 1.82) is 0 Å². The number of nitrogens with zero attached hydrogens (tertiary/aromatic N) is 2. The minimum absolute atomic E-state index is 0.0904. The Morgan fingerprint density at radius 1 is 1.00 bits per heavy atom. The lowest BCUT2D eigenvalue weighted by Gasteiger charge is -2.30. The van der Waals surface area contributed by atoms with E-state index in [1.807, 2.05) is 77.1 Å². The summed E-state index contributed by atoms with van der Waals surface area (Å²) < 4.78 is 9.95. The van der Waals surface area contributed by atoms with Crippen LogP contribution in [0.4, 0.5) is 9.59 Å². The SMILES string of the molecule is COC(=O)NC(C(=O)N1CCCC1c1ncc(-c2ccc(-c3ccc(C=CNC(=O)OC(C)(C)C)cc3)cc2)[nH]1)C(C)C. The molecule has 4 rings (SSSR count). The van der Waals surface area contributed by atoms with Gasteiger partial charge in [0.05, 0.1) is 25.0 Å². The molecule has 10 heteroatoms. The fourth-order valence-corrected chi connectivity index (χ4v) is 4.99. The van der Waals surface area contributed by atoms with Crippen LogP contribution in [0.5, 0.6) is 0 Å². The summed E-state index contributed by atoms with van der Waals surface area (Å²) in [4.78, 5) is 46.9. The van der Waals surface area contributed by atoms with Crippen LogP contribution in [0.2, 0.25) is 0 Å². The number of aromatic amines is 1. The Hall–Kier alpha value is -4.60. The van der Waals surface area contributed by atoms with Gasteiger partial charge in [-0.05, 0) is 67.9 Å². The second-order valence-electron chi connectivity index (χ2n) is 11.9. The van der Waals surface area contributed by atoms with Gasteiger partial charge < -0.3 is 24.7 Å². The molecule has 1 fully saturated rings. The van der Waals surface area contributed by atoms with E-state index >= 15 is 0 Å². The summed E-state index contributed by atoms with van der Waals surface area (Å²) in [5.74, 6) is 0.508. The van der Waals surface area contributed by atoms with Crippen LogP contribution in [0.3, 0.4) is 0 Å². The largest absolute Gasteiger partial charge is 0.453 e. The highest BCUT2D eigenvalue weighted by atomic mass is 16.6. The van der Waals surface area contributed by atoms with Crippen molar-refractivity contribution in [3.05, 3.63) is 72.3 Å². The van der Waals surface area contributed by atoms with Gasteiger partial charge in [-0.2, -0.15) is 0 Å². The first-order chi connectivity index (χ1) is 20.4. The fraction of sp³-hybridized carbons (Fsp3) is 0.394. The predicted octanol–water partition coefficient (Wildman–Crippen LogP) is 6.28. The zero-order chi connectivity index (χ0) is 31.1. The first kappa shape index (κ1) is 31.3. The third-order valence-corrected chi connectivity index (χ3v) is 7.15. The second kappa shape index (κ2) is 13.6. The van der Waals surface area contributed by atoms with Gasteiger partial charge >= 0.3 is 12.2 Å². The van der Waals surface area contributed by atoms with Gasteiger partial charge in [-0.1, -0.05) is 62.4 Å². The molecule has 1 aromatic heterocycles. The molecule has 43 heavy (non-hydrogen) atoms. The Morgan fingerprint density at radius 3 is 2.23 bits per heavy atom. The number of methoxy groups -OCH3 is 1. The van der Waals surface area contributed by atoms with Crippen LogP contribution in [0.1, 0.15) is 64.9 Å². The van der Waals surface area contributed by atoms with Crippen molar-refractivity contribution in [3.63, 3.8) is 0 Å². The van der Waals surface area contributed by atoms with Crippen LogP contribution in [0.15, 0.2) is 60.9 Å². The first-order valence-corrected chi connectivity index (χ1v) is 14.5. The summed E-state index contributed by atoms with van der Waals surface area (Å²) in [6, 6.07) is 15.4. The van der Waals surface area contributed by atoms with Gasteiger partial charge in [0.1, 0.15) is 17.5 Å². The summed E-state index contributed by atoms with van der Waals surface area (Å²) >= 11 is 0. The van der Waals surface area contributed by atoms with Gasteiger partial charge in [0.2, 0.25) is 5.91 Å². The molecular weight excluding hydrogens is 546 g/mol. The Bertz CT molecular complexity index is 1440. The fourth-order valence-electron chi connectivity index (χ4n) is 4.99. The number of H-pyrrole nitrogens is 1. The van der Waals surface area contributed by atoms with E-state index in [4.69, 9.17) is 9.47 Å². The molecule has 3 aromatic rings. The smallest absolute Gasteiger partial charge is 0.411 e. The predicted molar refractivity (Wildman–Crippen MR) is 166 cm³/mol. The minimum Gasteiger partial charge on any atom is -0.453 e. The average molecular weight is 588 g/mol. The molecule has 1 aliphatic heterocycles. The number of aromatic nitrogens is 2. The number of carbonyl (C=O) groups is 3. The zero-order valence-corrected chi connectivity index (χ0v) is 25.6. The maximum Gasteiger partial charge on any atom is 0.411 e. The molecule has 1 aliphatic rings. The number of carbonyl (C=O) groups excluding carboxylic acids is 3. The van der Waals surface area contributed by atoms with Gasteiger partial charge in [-0.25, -0.2) is 14.6 Å². The number of amides is 3. The van der Waals surface area contributed by atoms with E-state index in [0.717, 1.165) is 46.6 Å². The van der Waals surface area contributed by atoms with E-state index in [1.54, 1.807) is 17.3 Å². The summed E-state index contributed by atoms with van der Waals surface area (Å²) in [6.07, 6.45) is 5.72. The van der Waals surface area contributed by atoms with Crippen molar-refractivity contribution >= 4 is 24.2 Å². The molecule has 3 amide bonds. The van der Waals surface area contributed by atoms with Gasteiger partial charge in [-0.3, -0.25) is 10.1 Å². The standard InChI is InChI=1S/C33H41N5O5/c1-21(2)28(37-32(41)42-6)30(39)38-19-7-8-27(38)29-35-20-26(36-29)25-15-13-24(14-16-25)23-11-9-22(10-12-23)17-18-34-31(40)43-33(3,4)5/h9-18,20-21,27-28H,7-8,19H2,1-6H3,(H,34,40)(H,35,36)(H,37,41). The lowest BCUT2D eigenvalue weighted by molar-refractivity contribution is -0.135. The van der Waals surface area contributed by atoms with Crippen molar-refractivity contribution in [1.82, 2.24) is 25.5 Å². The first-order valence-electron chi connectivity index (χ1n) is 14.5. The van der Waals surface area contributed by atoms with Crippen molar-refractivity contribution in [2.75, 3.05) is 13.7 Å². The molecule has 1 saturated heterocycles. The molecule has 0 bridgehead atoms. The van der Waals surface area contributed by atoms with Crippen LogP contribution in [-0.2, 0) is 14.3 Å². The van der Waals surface area contributed by atoms with Gasteiger partial charge in [0, 0.05) is 12.7 Å².